The molecule has 0 aromatic carbocycles. The Kier molecular flexibility index (Phi) is 4.54. The Hall–Kier alpha value is -1.30. The second-order valence-corrected chi connectivity index (χ2v) is 3.97. The van der Waals surface area contributed by atoms with Gasteiger partial charge in [-0.05, 0) is 19.3 Å². The fourth-order valence-corrected chi connectivity index (χ4v) is 1.88. The van der Waals surface area contributed by atoms with E-state index in [2.05, 4.69) is 0 Å². The van der Waals surface area contributed by atoms with Gasteiger partial charge in [-0.3, -0.25) is 0 Å². The van der Waals surface area contributed by atoms with Gasteiger partial charge < -0.3 is 20.0 Å². The maximum atomic E-state index is 11.9. The standard InChI is InChI=1S/C10H18N2O4/c1-11(6-7-13)10(16)12-5-3-2-4-8(12)9(14)15/h8,13H,2-7H2,1H3,(H,14,15). The Bertz CT molecular complexity index is 270. The topological polar surface area (TPSA) is 81.1 Å². The van der Waals surface area contributed by atoms with E-state index in [9.17, 15) is 9.59 Å². The first-order valence-corrected chi connectivity index (χ1v) is 5.43. The fraction of sp³-hybridized carbons (Fsp3) is 0.800. The molecule has 16 heavy (non-hydrogen) atoms. The minimum Gasteiger partial charge on any atom is -0.480 e. The van der Waals surface area contributed by atoms with Crippen molar-refractivity contribution < 1.29 is 19.8 Å². The molecule has 2 N–H and O–H groups in total. The maximum Gasteiger partial charge on any atom is 0.326 e. The molecule has 1 rings (SSSR count). The molecule has 0 aliphatic carbocycles. The van der Waals surface area contributed by atoms with E-state index in [-0.39, 0.29) is 19.2 Å². The number of nitrogens with zero attached hydrogens (tertiary/aromatic N) is 2. The maximum absolute atomic E-state index is 11.9. The first-order chi connectivity index (χ1) is 7.57. The average molecular weight is 230 g/mol. The molecule has 1 atom stereocenters. The molecule has 0 spiro atoms. The Morgan fingerprint density at radius 3 is 2.69 bits per heavy atom. The molecule has 6 heteroatoms. The van der Waals surface area contributed by atoms with E-state index in [4.69, 9.17) is 10.2 Å². The van der Waals surface area contributed by atoms with Crippen molar-refractivity contribution in [3.8, 4) is 0 Å². The minimum atomic E-state index is -0.953. The normalized spacial score (nSPS) is 20.6. The van der Waals surface area contributed by atoms with Gasteiger partial charge in [-0.2, -0.15) is 0 Å². The summed E-state index contributed by atoms with van der Waals surface area (Å²) in [6, 6.07) is -1.04. The first-order valence-electron chi connectivity index (χ1n) is 5.43. The summed E-state index contributed by atoms with van der Waals surface area (Å²) in [5.74, 6) is -0.953. The lowest BCUT2D eigenvalue weighted by Crippen LogP contribution is -2.52. The molecule has 0 bridgehead atoms. The number of carboxylic acids is 1. The van der Waals surface area contributed by atoms with Crippen molar-refractivity contribution in [2.24, 2.45) is 0 Å². The number of aliphatic hydroxyl groups excluding tert-OH is 1. The highest BCUT2D eigenvalue weighted by molar-refractivity contribution is 5.82. The molecular formula is C10H18N2O4. The number of likely N-dealkylation sites (tertiary alicyclic amines) is 1. The van der Waals surface area contributed by atoms with Crippen molar-refractivity contribution in [2.45, 2.75) is 25.3 Å². The van der Waals surface area contributed by atoms with E-state index in [1.54, 1.807) is 7.05 Å². The quantitative estimate of drug-likeness (QED) is 0.713. The summed E-state index contributed by atoms with van der Waals surface area (Å²) in [6.07, 6.45) is 2.18. The van der Waals surface area contributed by atoms with Crippen LogP contribution in [0.1, 0.15) is 19.3 Å². The summed E-state index contributed by atoms with van der Waals surface area (Å²) < 4.78 is 0. The molecule has 1 heterocycles. The number of hydrogen-bond donors (Lipinski definition) is 2. The van der Waals surface area contributed by atoms with E-state index in [1.165, 1.54) is 9.80 Å². The van der Waals surface area contributed by atoms with Crippen LogP contribution in [0.25, 0.3) is 0 Å². The third-order valence-corrected chi connectivity index (χ3v) is 2.80. The molecule has 1 saturated heterocycles. The van der Waals surface area contributed by atoms with Gasteiger partial charge in [0.2, 0.25) is 0 Å². The lowest BCUT2D eigenvalue weighted by Gasteiger charge is -2.35. The summed E-state index contributed by atoms with van der Waals surface area (Å²) >= 11 is 0. The van der Waals surface area contributed by atoms with Gasteiger partial charge in [-0.25, -0.2) is 9.59 Å². The molecule has 6 nitrogen and oxygen atoms in total. The van der Waals surface area contributed by atoms with Crippen molar-refractivity contribution >= 4 is 12.0 Å². The average Bonchev–Trinajstić information content (AvgIpc) is 2.28. The fourth-order valence-electron chi connectivity index (χ4n) is 1.88. The third-order valence-electron chi connectivity index (χ3n) is 2.80. The zero-order valence-corrected chi connectivity index (χ0v) is 9.43. The molecule has 1 unspecified atom stereocenters. The third kappa shape index (κ3) is 2.85. The van der Waals surface area contributed by atoms with Crippen LogP contribution in [0.15, 0.2) is 0 Å². The van der Waals surface area contributed by atoms with E-state index in [1.807, 2.05) is 0 Å². The number of likely N-dealkylation sites (N-methyl/N-ethyl adjacent to an activating group) is 1. The molecule has 1 fully saturated rings. The Labute approximate surface area is 94.4 Å². The smallest absolute Gasteiger partial charge is 0.326 e. The van der Waals surface area contributed by atoms with Crippen LogP contribution in [0.3, 0.4) is 0 Å². The number of amides is 2. The van der Waals surface area contributed by atoms with Crippen LogP contribution in [0, 0.1) is 0 Å². The Balaban J connectivity index is 2.67. The Morgan fingerprint density at radius 2 is 2.12 bits per heavy atom. The number of hydrogen-bond acceptors (Lipinski definition) is 3. The Morgan fingerprint density at radius 1 is 1.44 bits per heavy atom. The number of aliphatic hydroxyl groups is 1. The molecule has 0 aromatic rings. The molecule has 0 aromatic heterocycles. The molecule has 1 aliphatic rings. The van der Waals surface area contributed by atoms with Crippen LogP contribution in [0.2, 0.25) is 0 Å². The van der Waals surface area contributed by atoms with Gasteiger partial charge in [0.25, 0.3) is 0 Å². The molecule has 0 saturated carbocycles. The number of carboxylic acid groups (broad SMARTS) is 1. The molecule has 2 amide bonds. The van der Waals surface area contributed by atoms with Gasteiger partial charge in [-0.1, -0.05) is 0 Å². The van der Waals surface area contributed by atoms with Crippen LogP contribution >= 0.6 is 0 Å². The zero-order chi connectivity index (χ0) is 12.1. The monoisotopic (exact) mass is 230 g/mol. The van der Waals surface area contributed by atoms with Gasteiger partial charge in [0, 0.05) is 20.1 Å². The minimum absolute atomic E-state index is 0.117. The van der Waals surface area contributed by atoms with E-state index < -0.39 is 12.0 Å². The first kappa shape index (κ1) is 12.8. The summed E-state index contributed by atoms with van der Waals surface area (Å²) in [5, 5.41) is 17.7. The van der Waals surface area contributed by atoms with Gasteiger partial charge in [0.05, 0.1) is 6.61 Å². The van der Waals surface area contributed by atoms with Crippen molar-refractivity contribution in [2.75, 3.05) is 26.7 Å². The molecular weight excluding hydrogens is 212 g/mol. The second-order valence-electron chi connectivity index (χ2n) is 3.97. The van der Waals surface area contributed by atoms with Gasteiger partial charge in [0.15, 0.2) is 0 Å². The molecule has 92 valence electrons. The lowest BCUT2D eigenvalue weighted by molar-refractivity contribution is -0.143. The molecule has 0 radical (unpaired) electrons. The van der Waals surface area contributed by atoms with Crippen LogP contribution in [-0.2, 0) is 4.79 Å². The number of aliphatic carboxylic acids is 1. The second kappa shape index (κ2) is 5.69. The molecule has 1 aliphatic heterocycles. The van der Waals surface area contributed by atoms with Gasteiger partial charge >= 0.3 is 12.0 Å². The van der Waals surface area contributed by atoms with E-state index >= 15 is 0 Å². The van der Waals surface area contributed by atoms with Crippen molar-refractivity contribution in [1.82, 2.24) is 9.80 Å². The van der Waals surface area contributed by atoms with Crippen LogP contribution in [0.5, 0.6) is 0 Å². The van der Waals surface area contributed by atoms with Crippen LogP contribution < -0.4 is 0 Å². The van der Waals surface area contributed by atoms with Crippen molar-refractivity contribution in [3.05, 3.63) is 0 Å². The lowest BCUT2D eigenvalue weighted by atomic mass is 10.0. The summed E-state index contributed by atoms with van der Waals surface area (Å²) in [5.41, 5.74) is 0. The van der Waals surface area contributed by atoms with Crippen molar-refractivity contribution in [3.63, 3.8) is 0 Å². The van der Waals surface area contributed by atoms with Gasteiger partial charge in [0.1, 0.15) is 6.04 Å². The highest BCUT2D eigenvalue weighted by Gasteiger charge is 2.33. The summed E-state index contributed by atoms with van der Waals surface area (Å²) in [4.78, 5) is 25.6. The predicted molar refractivity (Wildman–Crippen MR) is 57.1 cm³/mol. The highest BCUT2D eigenvalue weighted by atomic mass is 16.4. The number of rotatable bonds is 3. The predicted octanol–water partition coefficient (Wildman–Crippen LogP) is -0.0304. The van der Waals surface area contributed by atoms with E-state index in [0.717, 1.165) is 12.8 Å². The number of urea groups is 1. The zero-order valence-electron chi connectivity index (χ0n) is 9.43. The summed E-state index contributed by atoms with van der Waals surface area (Å²) in [7, 11) is 1.56. The number of carbonyl (C=O) groups is 2. The van der Waals surface area contributed by atoms with Crippen LogP contribution in [0.4, 0.5) is 4.79 Å². The largest absolute Gasteiger partial charge is 0.480 e. The van der Waals surface area contributed by atoms with Gasteiger partial charge in [-0.15, -0.1) is 0 Å². The SMILES string of the molecule is CN(CCO)C(=O)N1CCCCC1C(=O)O. The highest BCUT2D eigenvalue weighted by Crippen LogP contribution is 2.18. The van der Waals surface area contributed by atoms with E-state index in [0.29, 0.717) is 13.0 Å². The summed E-state index contributed by atoms with van der Waals surface area (Å²) in [6.45, 7) is 0.584. The van der Waals surface area contributed by atoms with Crippen LogP contribution in [-0.4, -0.2) is 64.8 Å². The number of carbonyl (C=O) groups excluding carboxylic acids is 1. The van der Waals surface area contributed by atoms with Crippen molar-refractivity contribution in [1.29, 1.82) is 0 Å². The number of piperidine rings is 1.